The van der Waals surface area contributed by atoms with Gasteiger partial charge in [-0.1, -0.05) is 0 Å². The molecule has 1 aromatic carbocycles. The molecule has 11 heavy (non-hydrogen) atoms. The molecule has 2 heteroatoms. The molecule has 0 fully saturated rings. The van der Waals surface area contributed by atoms with Gasteiger partial charge >= 0.3 is 73.1 Å². The average molecular weight is 180 g/mol. The predicted molar refractivity (Wildman–Crippen MR) is 41.4 cm³/mol. The van der Waals surface area contributed by atoms with Gasteiger partial charge in [-0.25, -0.2) is 0 Å². The van der Waals surface area contributed by atoms with Crippen LogP contribution in [0, 0.1) is 0 Å². The number of aromatic nitrogens is 1. The van der Waals surface area contributed by atoms with Crippen molar-refractivity contribution in [3.8, 4) is 0 Å². The Hall–Kier alpha value is -0.838. The summed E-state index contributed by atoms with van der Waals surface area (Å²) in [7, 11) is 0. The molecule has 0 saturated heterocycles. The van der Waals surface area contributed by atoms with Gasteiger partial charge in [0.05, 0.1) is 0 Å². The van der Waals surface area contributed by atoms with Crippen LogP contribution in [0.4, 0.5) is 0 Å². The van der Waals surface area contributed by atoms with Gasteiger partial charge in [0.1, 0.15) is 0 Å². The minimum absolute atomic E-state index is 0.948. The molecular weight excluding hydrogens is 174 g/mol. The maximum atomic E-state index is 4.32. The van der Waals surface area contributed by atoms with E-state index in [1.54, 1.807) is 0 Å². The van der Waals surface area contributed by atoms with Crippen molar-refractivity contribution in [2.24, 2.45) is 0 Å². The molecule has 0 atom stereocenters. The van der Waals surface area contributed by atoms with Crippen LogP contribution in [0.1, 0.15) is 0 Å². The Kier molecular flexibility index (Phi) is 1.65. The van der Waals surface area contributed by atoms with E-state index in [0.717, 1.165) is 10.1 Å². The Morgan fingerprint density at radius 2 is 1.82 bits per heavy atom. The van der Waals surface area contributed by atoms with E-state index in [-0.39, 0.29) is 0 Å². The zero-order valence-corrected chi connectivity index (χ0v) is 7.09. The number of pyridine rings is 1. The summed E-state index contributed by atoms with van der Waals surface area (Å²) >= 11 is 2.88. The van der Waals surface area contributed by atoms with Crippen molar-refractivity contribution >= 4 is 15.5 Å². The summed E-state index contributed by atoms with van der Waals surface area (Å²) in [6.45, 7) is 0. The topological polar surface area (TPSA) is 12.9 Å². The number of hydrogen-bond donors (Lipinski definition) is 0. The summed E-state index contributed by atoms with van der Waals surface area (Å²) in [6, 6.07) is 12.1. The number of rotatable bonds is 0. The van der Waals surface area contributed by atoms with Gasteiger partial charge in [-0.05, 0) is 0 Å². The maximum absolute atomic E-state index is 4.32. The first-order valence-electron chi connectivity index (χ1n) is 3.39. The van der Waals surface area contributed by atoms with Gasteiger partial charge in [-0.2, -0.15) is 0 Å². The standard InChI is InChI=1S/C9H6N.Cr/c1-2-6-9-8(4-1)5-3-7-10-9;/h1-6H;. The number of fused-ring (bicyclic) bond motifs is 1. The second kappa shape index (κ2) is 2.66. The molecule has 0 radical (unpaired) electrons. The molecule has 0 saturated carbocycles. The Balaban J connectivity index is 2.83. The van der Waals surface area contributed by atoms with Crippen LogP contribution in [0.15, 0.2) is 36.4 Å². The Labute approximate surface area is 73.5 Å². The SMILES string of the molecule is [Cr][c]1ccc2ccccc2n1. The van der Waals surface area contributed by atoms with Crippen molar-refractivity contribution < 1.29 is 16.3 Å². The van der Waals surface area contributed by atoms with Crippen LogP contribution in [0.5, 0.6) is 0 Å². The molecule has 53 valence electrons. The van der Waals surface area contributed by atoms with Crippen LogP contribution in [0.25, 0.3) is 10.9 Å². The van der Waals surface area contributed by atoms with Crippen molar-refractivity contribution in [1.29, 1.82) is 0 Å². The van der Waals surface area contributed by atoms with Crippen LogP contribution in [0.2, 0.25) is 0 Å². The van der Waals surface area contributed by atoms with E-state index in [4.69, 9.17) is 0 Å². The second-order valence-corrected chi connectivity index (χ2v) is 3.00. The molecular formula is C9H6CrN. The van der Waals surface area contributed by atoms with E-state index in [2.05, 4.69) is 33.4 Å². The summed E-state index contributed by atoms with van der Waals surface area (Å²) in [5, 5.41) is 1.19. The second-order valence-electron chi connectivity index (χ2n) is 2.34. The third-order valence-electron chi connectivity index (χ3n) is 1.57. The van der Waals surface area contributed by atoms with Gasteiger partial charge in [0.2, 0.25) is 0 Å². The molecule has 0 aliphatic heterocycles. The van der Waals surface area contributed by atoms with E-state index in [9.17, 15) is 0 Å². The molecule has 1 heterocycles. The zero-order valence-electron chi connectivity index (χ0n) is 5.82. The molecule has 0 aliphatic carbocycles. The van der Waals surface area contributed by atoms with Gasteiger partial charge in [0.15, 0.2) is 0 Å². The number of nitrogens with zero attached hydrogens (tertiary/aromatic N) is 1. The van der Waals surface area contributed by atoms with Crippen LogP contribution in [-0.2, 0) is 16.3 Å². The van der Waals surface area contributed by atoms with Gasteiger partial charge in [0, 0.05) is 0 Å². The summed E-state index contributed by atoms with van der Waals surface area (Å²) in [5.74, 6) is 0. The van der Waals surface area contributed by atoms with E-state index < -0.39 is 0 Å². The Morgan fingerprint density at radius 1 is 1.00 bits per heavy atom. The van der Waals surface area contributed by atoms with Gasteiger partial charge < -0.3 is 0 Å². The fourth-order valence-electron chi connectivity index (χ4n) is 1.05. The molecule has 2 aromatic rings. The Bertz CT molecular complexity index is 384. The number of para-hydroxylation sites is 1. The molecule has 0 spiro atoms. The third kappa shape index (κ3) is 1.28. The average Bonchev–Trinajstić information content (AvgIpc) is 2.04. The van der Waals surface area contributed by atoms with Crippen molar-refractivity contribution in [2.75, 3.05) is 0 Å². The first-order valence-corrected chi connectivity index (χ1v) is 4.03. The summed E-state index contributed by atoms with van der Waals surface area (Å²) in [4.78, 5) is 4.32. The van der Waals surface area contributed by atoms with E-state index in [1.165, 1.54) is 5.39 Å². The monoisotopic (exact) mass is 180 g/mol. The molecule has 1 aromatic heterocycles. The molecule has 2 rings (SSSR count). The quantitative estimate of drug-likeness (QED) is 0.597. The normalized spacial score (nSPS) is 10.2. The first kappa shape index (κ1) is 6.85. The third-order valence-corrected chi connectivity index (χ3v) is 1.93. The van der Waals surface area contributed by atoms with Gasteiger partial charge in [-0.15, -0.1) is 0 Å². The molecule has 0 bridgehead atoms. The molecule has 0 aliphatic rings. The van der Waals surface area contributed by atoms with Crippen LogP contribution in [0.3, 0.4) is 0 Å². The van der Waals surface area contributed by atoms with E-state index in [0.29, 0.717) is 0 Å². The predicted octanol–water partition coefficient (Wildman–Crippen LogP) is 1.41. The molecule has 0 N–H and O–H groups in total. The molecule has 0 amide bonds. The van der Waals surface area contributed by atoms with Crippen molar-refractivity contribution in [3.05, 3.63) is 36.4 Å². The fourth-order valence-corrected chi connectivity index (χ4v) is 1.31. The molecule has 1 nitrogen and oxygen atoms in total. The number of benzene rings is 1. The van der Waals surface area contributed by atoms with Crippen LogP contribution >= 0.6 is 0 Å². The summed E-state index contributed by atoms with van der Waals surface area (Å²) < 4.78 is 0.948. The molecule has 0 unspecified atom stereocenters. The Morgan fingerprint density at radius 3 is 2.73 bits per heavy atom. The summed E-state index contributed by atoms with van der Waals surface area (Å²) in [5.41, 5.74) is 1.05. The van der Waals surface area contributed by atoms with Crippen molar-refractivity contribution in [2.45, 2.75) is 0 Å². The van der Waals surface area contributed by atoms with E-state index in [1.807, 2.05) is 24.3 Å². The van der Waals surface area contributed by atoms with Crippen molar-refractivity contribution in [1.82, 2.24) is 4.98 Å². The summed E-state index contributed by atoms with van der Waals surface area (Å²) in [6.07, 6.45) is 0. The van der Waals surface area contributed by atoms with Gasteiger partial charge in [0.25, 0.3) is 0 Å². The zero-order chi connectivity index (χ0) is 7.68. The first-order chi connectivity index (χ1) is 5.36. The number of hydrogen-bond acceptors (Lipinski definition) is 1. The van der Waals surface area contributed by atoms with Gasteiger partial charge in [-0.3, -0.25) is 0 Å². The van der Waals surface area contributed by atoms with E-state index >= 15 is 0 Å². The van der Waals surface area contributed by atoms with Crippen LogP contribution in [-0.4, -0.2) is 4.98 Å². The fraction of sp³-hybridized carbons (Fsp3) is 0. The van der Waals surface area contributed by atoms with Crippen molar-refractivity contribution in [3.63, 3.8) is 0 Å². The minimum atomic E-state index is 0.948. The van der Waals surface area contributed by atoms with Crippen LogP contribution < -0.4 is 4.56 Å².